The van der Waals surface area contributed by atoms with Crippen LogP contribution in [0.1, 0.15) is 38.2 Å². The van der Waals surface area contributed by atoms with Crippen LogP contribution in [0.2, 0.25) is 0 Å². The molecule has 1 aromatic rings. The van der Waals surface area contributed by atoms with Gasteiger partial charge >= 0.3 is 0 Å². The highest BCUT2D eigenvalue weighted by molar-refractivity contribution is 5.33. The van der Waals surface area contributed by atoms with Gasteiger partial charge in [0.1, 0.15) is 5.75 Å². The Balaban J connectivity index is 1.88. The second-order valence-electron chi connectivity index (χ2n) is 5.16. The van der Waals surface area contributed by atoms with Gasteiger partial charge < -0.3 is 10.1 Å². The van der Waals surface area contributed by atoms with Gasteiger partial charge in [-0.2, -0.15) is 0 Å². The summed E-state index contributed by atoms with van der Waals surface area (Å²) in [5.74, 6) is 1.86. The predicted molar refractivity (Wildman–Crippen MR) is 71.3 cm³/mol. The monoisotopic (exact) mass is 233 g/mol. The zero-order valence-corrected chi connectivity index (χ0v) is 10.9. The summed E-state index contributed by atoms with van der Waals surface area (Å²) in [5.41, 5.74) is 1.26. The van der Waals surface area contributed by atoms with Crippen LogP contribution < -0.4 is 10.1 Å². The molecule has 0 unspecified atom stereocenters. The molecule has 0 heterocycles. The summed E-state index contributed by atoms with van der Waals surface area (Å²) in [5, 5.41) is 3.66. The molecule has 1 N–H and O–H groups in total. The summed E-state index contributed by atoms with van der Waals surface area (Å²) < 4.78 is 5.37. The van der Waals surface area contributed by atoms with E-state index in [2.05, 4.69) is 24.4 Å². The van der Waals surface area contributed by atoms with Crippen LogP contribution in [-0.4, -0.2) is 13.2 Å². The molecule has 1 aliphatic rings. The number of hydrogen-bond acceptors (Lipinski definition) is 2. The van der Waals surface area contributed by atoms with Gasteiger partial charge in [0.15, 0.2) is 0 Å². The summed E-state index contributed by atoms with van der Waals surface area (Å²) >= 11 is 0. The summed E-state index contributed by atoms with van der Waals surface area (Å²) in [7, 11) is 1.74. The molecule has 2 nitrogen and oxygen atoms in total. The SMILES string of the molecule is COc1ccccc1CN[C@@H]1CCC[C@@H](C)C1. The lowest BCUT2D eigenvalue weighted by Gasteiger charge is -2.27. The van der Waals surface area contributed by atoms with E-state index in [-0.39, 0.29) is 0 Å². The number of para-hydroxylation sites is 1. The highest BCUT2D eigenvalue weighted by atomic mass is 16.5. The first-order valence-electron chi connectivity index (χ1n) is 6.65. The molecule has 0 aromatic heterocycles. The Morgan fingerprint density at radius 2 is 2.12 bits per heavy atom. The number of rotatable bonds is 4. The number of nitrogens with one attached hydrogen (secondary N) is 1. The quantitative estimate of drug-likeness (QED) is 0.861. The van der Waals surface area contributed by atoms with Gasteiger partial charge in [-0.1, -0.05) is 38.0 Å². The van der Waals surface area contributed by atoms with Gasteiger partial charge in [-0.3, -0.25) is 0 Å². The number of hydrogen-bond donors (Lipinski definition) is 1. The van der Waals surface area contributed by atoms with Gasteiger partial charge in [0.2, 0.25) is 0 Å². The summed E-state index contributed by atoms with van der Waals surface area (Å²) in [4.78, 5) is 0. The van der Waals surface area contributed by atoms with Gasteiger partial charge in [0.05, 0.1) is 7.11 Å². The third-order valence-electron chi connectivity index (χ3n) is 3.71. The average molecular weight is 233 g/mol. The van der Waals surface area contributed by atoms with E-state index >= 15 is 0 Å². The Hall–Kier alpha value is -1.02. The van der Waals surface area contributed by atoms with E-state index in [0.29, 0.717) is 6.04 Å². The van der Waals surface area contributed by atoms with Crippen molar-refractivity contribution >= 4 is 0 Å². The molecule has 94 valence electrons. The molecule has 0 aliphatic heterocycles. The maximum absolute atomic E-state index is 5.37. The lowest BCUT2D eigenvalue weighted by molar-refractivity contribution is 0.299. The van der Waals surface area contributed by atoms with E-state index in [0.717, 1.165) is 18.2 Å². The van der Waals surface area contributed by atoms with Crippen molar-refractivity contribution in [2.24, 2.45) is 5.92 Å². The van der Waals surface area contributed by atoms with Crippen LogP contribution in [0.3, 0.4) is 0 Å². The van der Waals surface area contributed by atoms with E-state index in [1.807, 2.05) is 12.1 Å². The lowest BCUT2D eigenvalue weighted by Crippen LogP contribution is -2.33. The van der Waals surface area contributed by atoms with Gasteiger partial charge in [0, 0.05) is 18.2 Å². The minimum atomic E-state index is 0.684. The van der Waals surface area contributed by atoms with Crippen molar-refractivity contribution in [3.8, 4) is 5.75 Å². The van der Waals surface area contributed by atoms with Crippen molar-refractivity contribution < 1.29 is 4.74 Å². The van der Waals surface area contributed by atoms with Gasteiger partial charge in [-0.25, -0.2) is 0 Å². The second-order valence-corrected chi connectivity index (χ2v) is 5.16. The highest BCUT2D eigenvalue weighted by Gasteiger charge is 2.18. The molecule has 2 heteroatoms. The van der Waals surface area contributed by atoms with Crippen molar-refractivity contribution in [2.75, 3.05) is 7.11 Å². The summed E-state index contributed by atoms with van der Waals surface area (Å²) in [6.07, 6.45) is 5.40. The first-order valence-corrected chi connectivity index (χ1v) is 6.65. The Morgan fingerprint density at radius 1 is 1.29 bits per heavy atom. The van der Waals surface area contributed by atoms with Crippen LogP contribution in [-0.2, 0) is 6.54 Å². The van der Waals surface area contributed by atoms with Crippen LogP contribution in [0.4, 0.5) is 0 Å². The Labute approximate surface area is 104 Å². The van der Waals surface area contributed by atoms with Crippen LogP contribution in [0.25, 0.3) is 0 Å². The topological polar surface area (TPSA) is 21.3 Å². The molecule has 1 fully saturated rings. The van der Waals surface area contributed by atoms with Crippen molar-refractivity contribution in [3.63, 3.8) is 0 Å². The predicted octanol–water partition coefficient (Wildman–Crippen LogP) is 3.36. The zero-order valence-electron chi connectivity index (χ0n) is 10.9. The van der Waals surface area contributed by atoms with Gasteiger partial charge in [0.25, 0.3) is 0 Å². The first-order chi connectivity index (χ1) is 8.29. The van der Waals surface area contributed by atoms with E-state index in [9.17, 15) is 0 Å². The number of ether oxygens (including phenoxy) is 1. The molecule has 0 spiro atoms. The summed E-state index contributed by atoms with van der Waals surface area (Å²) in [6.45, 7) is 3.28. The smallest absolute Gasteiger partial charge is 0.123 e. The maximum atomic E-state index is 5.37. The number of methoxy groups -OCH3 is 1. The molecule has 17 heavy (non-hydrogen) atoms. The van der Waals surface area contributed by atoms with E-state index in [4.69, 9.17) is 4.74 Å². The molecular weight excluding hydrogens is 210 g/mol. The fourth-order valence-electron chi connectivity index (χ4n) is 2.72. The fraction of sp³-hybridized carbons (Fsp3) is 0.600. The largest absolute Gasteiger partial charge is 0.496 e. The second kappa shape index (κ2) is 6.06. The first kappa shape index (κ1) is 12.4. The molecule has 0 amide bonds. The fourth-order valence-corrected chi connectivity index (χ4v) is 2.72. The molecular formula is C15H23NO. The highest BCUT2D eigenvalue weighted by Crippen LogP contribution is 2.24. The standard InChI is InChI=1S/C15H23NO/c1-12-6-5-8-14(10-12)16-11-13-7-3-4-9-15(13)17-2/h3-4,7,9,12,14,16H,5-6,8,10-11H2,1-2H3/t12-,14-/m1/s1. The van der Waals surface area contributed by atoms with Crippen molar-refractivity contribution in [2.45, 2.75) is 45.2 Å². The minimum Gasteiger partial charge on any atom is -0.496 e. The van der Waals surface area contributed by atoms with Crippen LogP contribution in [0.5, 0.6) is 5.75 Å². The molecule has 0 bridgehead atoms. The average Bonchev–Trinajstić information content (AvgIpc) is 2.37. The third kappa shape index (κ3) is 3.47. The minimum absolute atomic E-state index is 0.684. The van der Waals surface area contributed by atoms with Crippen LogP contribution in [0.15, 0.2) is 24.3 Å². The van der Waals surface area contributed by atoms with Crippen LogP contribution in [0, 0.1) is 5.92 Å². The van der Waals surface area contributed by atoms with Crippen molar-refractivity contribution in [1.29, 1.82) is 0 Å². The Kier molecular flexibility index (Phi) is 4.43. The normalized spacial score (nSPS) is 24.6. The zero-order chi connectivity index (χ0) is 12.1. The van der Waals surface area contributed by atoms with E-state index in [1.165, 1.54) is 31.2 Å². The van der Waals surface area contributed by atoms with E-state index < -0.39 is 0 Å². The maximum Gasteiger partial charge on any atom is 0.123 e. The van der Waals surface area contributed by atoms with Gasteiger partial charge in [-0.15, -0.1) is 0 Å². The number of benzene rings is 1. The summed E-state index contributed by atoms with van der Waals surface area (Å²) in [6, 6.07) is 8.94. The van der Waals surface area contributed by atoms with Crippen molar-refractivity contribution in [1.82, 2.24) is 5.32 Å². The molecule has 2 atom stereocenters. The molecule has 1 aliphatic carbocycles. The van der Waals surface area contributed by atoms with Gasteiger partial charge in [-0.05, 0) is 24.8 Å². The molecule has 2 rings (SSSR count). The Morgan fingerprint density at radius 3 is 2.88 bits per heavy atom. The molecule has 0 radical (unpaired) electrons. The molecule has 0 saturated heterocycles. The third-order valence-corrected chi connectivity index (χ3v) is 3.71. The molecule has 1 saturated carbocycles. The lowest BCUT2D eigenvalue weighted by atomic mass is 9.87. The molecule has 1 aromatic carbocycles. The Bertz CT molecular complexity index is 351. The van der Waals surface area contributed by atoms with E-state index in [1.54, 1.807) is 7.11 Å². The van der Waals surface area contributed by atoms with Crippen LogP contribution >= 0.6 is 0 Å². The van der Waals surface area contributed by atoms with Crippen molar-refractivity contribution in [3.05, 3.63) is 29.8 Å².